The Hall–Kier alpha value is -1.83. The molecule has 0 saturated carbocycles. The number of halogens is 1. The highest BCUT2D eigenvalue weighted by Gasteiger charge is 2.15. The molecule has 0 aromatic heterocycles. The Morgan fingerprint density at radius 2 is 1.83 bits per heavy atom. The molecular formula is C22H26BrN3O2S. The van der Waals surface area contributed by atoms with Crippen molar-refractivity contribution in [3.8, 4) is 0 Å². The second-order valence-corrected chi connectivity index (χ2v) is 8.95. The van der Waals surface area contributed by atoms with Crippen LogP contribution in [0.15, 0.2) is 53.0 Å². The van der Waals surface area contributed by atoms with E-state index in [-0.39, 0.29) is 17.6 Å². The number of rotatable bonds is 9. The maximum absolute atomic E-state index is 12.0. The van der Waals surface area contributed by atoms with Gasteiger partial charge < -0.3 is 10.6 Å². The minimum Gasteiger partial charge on any atom is -0.355 e. The average Bonchev–Trinajstić information content (AvgIpc) is 2.71. The standard InChI is InChI=1S/C22H26BrN3O2S/c23-19-7-3-8-20(13-19)25-22(28)16-29-15-21(27)24-10-4-11-26-12-9-17-5-1-2-6-18(17)14-26/h1-3,5-8,13H,4,9-12,14-16H2,(H,24,27)(H,25,28). The molecule has 0 bridgehead atoms. The van der Waals surface area contributed by atoms with Gasteiger partial charge in [-0.3, -0.25) is 14.5 Å². The number of hydrogen-bond acceptors (Lipinski definition) is 4. The lowest BCUT2D eigenvalue weighted by Crippen LogP contribution is -2.34. The number of amides is 2. The first-order chi connectivity index (χ1) is 14.1. The summed E-state index contributed by atoms with van der Waals surface area (Å²) < 4.78 is 0.913. The van der Waals surface area contributed by atoms with Gasteiger partial charge in [-0.15, -0.1) is 11.8 Å². The Labute approximate surface area is 184 Å². The van der Waals surface area contributed by atoms with E-state index in [2.05, 4.69) is 55.7 Å². The zero-order valence-corrected chi connectivity index (χ0v) is 18.7. The van der Waals surface area contributed by atoms with Crippen LogP contribution in [-0.4, -0.2) is 47.9 Å². The molecule has 0 radical (unpaired) electrons. The Morgan fingerprint density at radius 3 is 2.66 bits per heavy atom. The zero-order valence-electron chi connectivity index (χ0n) is 16.3. The molecule has 1 aliphatic rings. The van der Waals surface area contributed by atoms with Crippen molar-refractivity contribution in [2.24, 2.45) is 0 Å². The highest BCUT2D eigenvalue weighted by molar-refractivity contribution is 9.10. The number of fused-ring (bicyclic) bond motifs is 1. The smallest absolute Gasteiger partial charge is 0.234 e. The topological polar surface area (TPSA) is 61.4 Å². The summed E-state index contributed by atoms with van der Waals surface area (Å²) in [5.41, 5.74) is 3.62. The van der Waals surface area contributed by atoms with Crippen LogP contribution in [0.1, 0.15) is 17.5 Å². The molecule has 2 aromatic rings. The minimum absolute atomic E-state index is 0.0192. The van der Waals surface area contributed by atoms with E-state index in [1.54, 1.807) is 0 Å². The number of carbonyl (C=O) groups excluding carboxylic acids is 2. The van der Waals surface area contributed by atoms with Crippen molar-refractivity contribution in [3.63, 3.8) is 0 Å². The number of carbonyl (C=O) groups is 2. The SMILES string of the molecule is O=C(CSCC(=O)Nc1cccc(Br)c1)NCCCN1CCc2ccccc2C1. The van der Waals surface area contributed by atoms with Crippen molar-refractivity contribution in [1.29, 1.82) is 0 Å². The molecule has 3 rings (SSSR count). The molecule has 0 atom stereocenters. The summed E-state index contributed by atoms with van der Waals surface area (Å²) in [5.74, 6) is 0.427. The van der Waals surface area contributed by atoms with Gasteiger partial charge >= 0.3 is 0 Å². The molecule has 5 nitrogen and oxygen atoms in total. The lowest BCUT2D eigenvalue weighted by molar-refractivity contribution is -0.118. The summed E-state index contributed by atoms with van der Waals surface area (Å²) in [4.78, 5) is 26.3. The van der Waals surface area contributed by atoms with Crippen LogP contribution in [0.3, 0.4) is 0 Å². The number of nitrogens with one attached hydrogen (secondary N) is 2. The molecule has 0 aliphatic carbocycles. The fraction of sp³-hybridized carbons (Fsp3) is 0.364. The predicted molar refractivity (Wildman–Crippen MR) is 123 cm³/mol. The molecule has 29 heavy (non-hydrogen) atoms. The van der Waals surface area contributed by atoms with E-state index in [9.17, 15) is 9.59 Å². The molecule has 2 aromatic carbocycles. The van der Waals surface area contributed by atoms with Crippen LogP contribution in [-0.2, 0) is 22.6 Å². The quantitative estimate of drug-likeness (QED) is 0.542. The first-order valence-electron chi connectivity index (χ1n) is 9.79. The second-order valence-electron chi connectivity index (χ2n) is 7.05. The molecule has 154 valence electrons. The third-order valence-electron chi connectivity index (χ3n) is 4.76. The van der Waals surface area contributed by atoms with E-state index in [1.165, 1.54) is 22.9 Å². The van der Waals surface area contributed by atoms with Crippen LogP contribution in [0.5, 0.6) is 0 Å². The van der Waals surface area contributed by atoms with Gasteiger partial charge in [-0.1, -0.05) is 46.3 Å². The van der Waals surface area contributed by atoms with Gasteiger partial charge in [0.1, 0.15) is 0 Å². The Balaban J connectivity index is 1.25. The Morgan fingerprint density at radius 1 is 1.03 bits per heavy atom. The van der Waals surface area contributed by atoms with Gasteiger partial charge in [0, 0.05) is 36.3 Å². The van der Waals surface area contributed by atoms with Crippen LogP contribution in [0, 0.1) is 0 Å². The van der Waals surface area contributed by atoms with Gasteiger partial charge in [-0.05, 0) is 42.2 Å². The number of thioether (sulfide) groups is 1. The van der Waals surface area contributed by atoms with Gasteiger partial charge in [-0.2, -0.15) is 0 Å². The van der Waals surface area contributed by atoms with E-state index in [1.807, 2.05) is 24.3 Å². The monoisotopic (exact) mass is 475 g/mol. The van der Waals surface area contributed by atoms with Crippen molar-refractivity contribution in [2.45, 2.75) is 19.4 Å². The highest BCUT2D eigenvalue weighted by Crippen LogP contribution is 2.18. The minimum atomic E-state index is -0.105. The fourth-order valence-corrected chi connectivity index (χ4v) is 4.37. The lowest BCUT2D eigenvalue weighted by atomic mass is 10.00. The lowest BCUT2D eigenvalue weighted by Gasteiger charge is -2.28. The van der Waals surface area contributed by atoms with Crippen LogP contribution >= 0.6 is 27.7 Å². The summed E-state index contributed by atoms with van der Waals surface area (Å²) in [6.45, 7) is 3.72. The Kier molecular flexibility index (Phi) is 8.58. The summed E-state index contributed by atoms with van der Waals surface area (Å²) in [6.07, 6.45) is 2.03. The Bertz CT molecular complexity index is 846. The molecular weight excluding hydrogens is 450 g/mol. The van der Waals surface area contributed by atoms with Crippen LogP contribution in [0.25, 0.3) is 0 Å². The largest absolute Gasteiger partial charge is 0.355 e. The van der Waals surface area contributed by atoms with Crippen molar-refractivity contribution < 1.29 is 9.59 Å². The summed E-state index contributed by atoms with van der Waals surface area (Å²) in [5, 5.41) is 5.77. The third-order valence-corrected chi connectivity index (χ3v) is 6.18. The molecule has 2 amide bonds. The van der Waals surface area contributed by atoms with Crippen LogP contribution in [0.2, 0.25) is 0 Å². The van der Waals surface area contributed by atoms with E-state index in [0.29, 0.717) is 12.3 Å². The molecule has 0 saturated heterocycles. The van der Waals surface area contributed by atoms with Crippen molar-refractivity contribution in [1.82, 2.24) is 10.2 Å². The van der Waals surface area contributed by atoms with Gasteiger partial charge in [0.2, 0.25) is 11.8 Å². The molecule has 1 aliphatic heterocycles. The summed E-state index contributed by atoms with van der Waals surface area (Å²) >= 11 is 4.70. The summed E-state index contributed by atoms with van der Waals surface area (Å²) in [7, 11) is 0. The van der Waals surface area contributed by atoms with Crippen molar-refractivity contribution in [2.75, 3.05) is 36.5 Å². The second kappa shape index (κ2) is 11.4. The summed E-state index contributed by atoms with van der Waals surface area (Å²) in [6, 6.07) is 16.1. The molecule has 0 spiro atoms. The molecule has 7 heteroatoms. The molecule has 1 heterocycles. The average molecular weight is 476 g/mol. The van der Waals surface area contributed by atoms with Crippen molar-refractivity contribution >= 4 is 45.2 Å². The molecule has 0 fully saturated rings. The highest BCUT2D eigenvalue weighted by atomic mass is 79.9. The van der Waals surface area contributed by atoms with Gasteiger partial charge in [0.05, 0.1) is 11.5 Å². The van der Waals surface area contributed by atoms with E-state index in [4.69, 9.17) is 0 Å². The molecule has 0 unspecified atom stereocenters. The third kappa shape index (κ3) is 7.49. The van der Waals surface area contributed by atoms with Gasteiger partial charge in [-0.25, -0.2) is 0 Å². The fourth-order valence-electron chi connectivity index (χ4n) is 3.33. The maximum Gasteiger partial charge on any atom is 0.234 e. The van der Waals surface area contributed by atoms with E-state index in [0.717, 1.165) is 42.6 Å². The number of benzene rings is 2. The predicted octanol–water partition coefficient (Wildman–Crippen LogP) is 3.69. The normalized spacial score (nSPS) is 13.6. The maximum atomic E-state index is 12.0. The van der Waals surface area contributed by atoms with Crippen molar-refractivity contribution in [3.05, 3.63) is 64.1 Å². The zero-order chi connectivity index (χ0) is 20.5. The van der Waals surface area contributed by atoms with E-state index < -0.39 is 0 Å². The van der Waals surface area contributed by atoms with E-state index >= 15 is 0 Å². The van der Waals surface area contributed by atoms with Crippen LogP contribution in [0.4, 0.5) is 5.69 Å². The number of anilines is 1. The number of nitrogens with zero attached hydrogens (tertiary/aromatic N) is 1. The van der Waals surface area contributed by atoms with Gasteiger partial charge in [0.15, 0.2) is 0 Å². The molecule has 2 N–H and O–H groups in total. The first kappa shape index (κ1) is 21.9. The first-order valence-corrected chi connectivity index (χ1v) is 11.7. The number of hydrogen-bond donors (Lipinski definition) is 2. The van der Waals surface area contributed by atoms with Crippen LogP contribution < -0.4 is 10.6 Å². The van der Waals surface area contributed by atoms with Gasteiger partial charge in [0.25, 0.3) is 0 Å².